The summed E-state index contributed by atoms with van der Waals surface area (Å²) in [6.07, 6.45) is 69.7. The predicted octanol–water partition coefficient (Wildman–Crippen LogP) is 16.4. The van der Waals surface area contributed by atoms with Crippen molar-refractivity contribution in [1.29, 1.82) is 0 Å². The van der Waals surface area contributed by atoms with Crippen LogP contribution in [0.3, 0.4) is 0 Å². The van der Waals surface area contributed by atoms with Crippen molar-refractivity contribution < 1.29 is 42.1 Å². The summed E-state index contributed by atoms with van der Waals surface area (Å²) in [6, 6.07) is 0. The molecule has 70 heavy (non-hydrogen) atoms. The van der Waals surface area contributed by atoms with Crippen LogP contribution in [0.5, 0.6) is 0 Å². The topological polar surface area (TPSA) is 111 Å². The molecule has 0 saturated heterocycles. The van der Waals surface area contributed by atoms with Gasteiger partial charge in [0, 0.05) is 12.8 Å². The fourth-order valence-electron chi connectivity index (χ4n) is 7.08. The Morgan fingerprint density at radius 3 is 1.14 bits per heavy atom. The van der Waals surface area contributed by atoms with E-state index in [9.17, 15) is 19.0 Å². The number of likely N-dealkylation sites (N-methyl/N-ethyl adjacent to an activating group) is 1. The summed E-state index contributed by atoms with van der Waals surface area (Å²) in [5.41, 5.74) is 0. The number of carbonyl (C=O) groups excluding carboxylic acids is 2. The molecule has 0 aliphatic carbocycles. The molecule has 400 valence electrons. The molecular weight excluding hydrogens is 894 g/mol. The highest BCUT2D eigenvalue weighted by Crippen LogP contribution is 2.38. The van der Waals surface area contributed by atoms with Gasteiger partial charge < -0.3 is 27.9 Å². The minimum absolute atomic E-state index is 0.0399. The fraction of sp³-hybridized carbons (Fsp3) is 0.667. The molecule has 0 amide bonds. The largest absolute Gasteiger partial charge is 0.756 e. The van der Waals surface area contributed by atoms with Gasteiger partial charge in [-0.05, 0) is 96.3 Å². The van der Waals surface area contributed by atoms with Crippen LogP contribution in [0.1, 0.15) is 206 Å². The lowest BCUT2D eigenvalue weighted by molar-refractivity contribution is -0.870. The first-order chi connectivity index (χ1) is 34.0. The molecular formula is C60H102NO8P. The highest BCUT2D eigenvalue weighted by atomic mass is 31.2. The summed E-state index contributed by atoms with van der Waals surface area (Å²) >= 11 is 0. The quantitative estimate of drug-likeness (QED) is 0.0195. The van der Waals surface area contributed by atoms with E-state index in [-0.39, 0.29) is 26.1 Å². The van der Waals surface area contributed by atoms with E-state index in [1.165, 1.54) is 57.8 Å². The van der Waals surface area contributed by atoms with Gasteiger partial charge in [0.25, 0.3) is 7.82 Å². The van der Waals surface area contributed by atoms with Gasteiger partial charge in [-0.2, -0.15) is 0 Å². The Labute approximate surface area is 429 Å². The van der Waals surface area contributed by atoms with Crippen molar-refractivity contribution in [2.24, 2.45) is 0 Å². The molecule has 0 fully saturated rings. The van der Waals surface area contributed by atoms with Crippen molar-refractivity contribution >= 4 is 19.8 Å². The van der Waals surface area contributed by atoms with E-state index in [4.69, 9.17) is 18.5 Å². The minimum atomic E-state index is -4.65. The second-order valence-electron chi connectivity index (χ2n) is 19.2. The van der Waals surface area contributed by atoms with Crippen LogP contribution >= 0.6 is 7.82 Å². The van der Waals surface area contributed by atoms with Crippen LogP contribution in [-0.2, 0) is 32.7 Å². The molecule has 0 spiro atoms. The number of phosphoric ester groups is 1. The normalized spacial score (nSPS) is 14.2. The van der Waals surface area contributed by atoms with Gasteiger partial charge in [-0.3, -0.25) is 14.2 Å². The molecule has 0 aliphatic rings. The number of rotatable bonds is 49. The summed E-state index contributed by atoms with van der Waals surface area (Å²) in [5.74, 6) is -0.857. The molecule has 10 heteroatoms. The molecule has 0 saturated carbocycles. The van der Waals surface area contributed by atoms with E-state index in [0.29, 0.717) is 17.4 Å². The van der Waals surface area contributed by atoms with Gasteiger partial charge in [-0.15, -0.1) is 0 Å². The van der Waals surface area contributed by atoms with E-state index in [0.717, 1.165) is 116 Å². The Morgan fingerprint density at radius 2 is 0.771 bits per heavy atom. The Balaban J connectivity index is 4.26. The molecule has 0 aliphatic heterocycles. The maximum Gasteiger partial charge on any atom is 0.306 e. The van der Waals surface area contributed by atoms with E-state index in [1.807, 2.05) is 21.1 Å². The lowest BCUT2D eigenvalue weighted by Gasteiger charge is -2.28. The number of hydrogen-bond acceptors (Lipinski definition) is 8. The van der Waals surface area contributed by atoms with Crippen LogP contribution in [0.15, 0.2) is 109 Å². The number of quaternary nitrogens is 1. The maximum absolute atomic E-state index is 12.8. The lowest BCUT2D eigenvalue weighted by Crippen LogP contribution is -2.37. The van der Waals surface area contributed by atoms with Crippen molar-refractivity contribution in [2.45, 2.75) is 213 Å². The molecule has 9 nitrogen and oxygen atoms in total. The van der Waals surface area contributed by atoms with E-state index < -0.39 is 32.5 Å². The Hall–Kier alpha value is -3.33. The number of esters is 2. The van der Waals surface area contributed by atoms with Crippen LogP contribution in [0, 0.1) is 0 Å². The average molecular weight is 996 g/mol. The second-order valence-corrected chi connectivity index (χ2v) is 20.6. The van der Waals surface area contributed by atoms with Gasteiger partial charge in [-0.25, -0.2) is 0 Å². The monoisotopic (exact) mass is 996 g/mol. The number of hydrogen-bond donors (Lipinski definition) is 0. The summed E-state index contributed by atoms with van der Waals surface area (Å²) in [7, 11) is 1.14. The maximum atomic E-state index is 12.8. The highest BCUT2D eigenvalue weighted by molar-refractivity contribution is 7.45. The number of nitrogens with zero attached hydrogens (tertiary/aromatic N) is 1. The zero-order valence-corrected chi connectivity index (χ0v) is 46.1. The molecule has 0 rings (SSSR count). The van der Waals surface area contributed by atoms with E-state index >= 15 is 0 Å². The first-order valence-electron chi connectivity index (χ1n) is 27.6. The van der Waals surface area contributed by atoms with Gasteiger partial charge in [0.15, 0.2) is 6.10 Å². The first-order valence-corrected chi connectivity index (χ1v) is 29.1. The number of phosphoric acid groups is 1. The lowest BCUT2D eigenvalue weighted by atomic mass is 10.1. The molecule has 0 radical (unpaired) electrons. The van der Waals surface area contributed by atoms with Gasteiger partial charge in [0.1, 0.15) is 19.8 Å². The van der Waals surface area contributed by atoms with Crippen molar-refractivity contribution in [3.8, 4) is 0 Å². The SMILES string of the molecule is CC/C=C\C/C=C\C/C=C\C/C=C\C/C=C\CCCCCCCCCC(=O)OC(COC(=O)CCCCCCCCCCCC/C=C\C/C=C\C/C=C\C/C=C\CC)COP(=O)([O-])OCC[N+](C)(C)C. The van der Waals surface area contributed by atoms with Crippen LogP contribution < -0.4 is 4.89 Å². The first kappa shape index (κ1) is 66.7. The molecule has 2 atom stereocenters. The van der Waals surface area contributed by atoms with E-state index in [1.54, 1.807) is 0 Å². The Kier molecular flexibility index (Phi) is 48.2. The summed E-state index contributed by atoms with van der Waals surface area (Å²) < 4.78 is 34.1. The Bertz CT molecular complexity index is 1550. The molecule has 2 unspecified atom stereocenters. The van der Waals surface area contributed by atoms with Gasteiger partial charge in [0.05, 0.1) is 27.7 Å². The third kappa shape index (κ3) is 54.0. The molecule has 0 aromatic heterocycles. The molecule has 0 bridgehead atoms. The summed E-state index contributed by atoms with van der Waals surface area (Å²) in [6.45, 7) is 3.98. The standard InChI is InChI=1S/C60H102NO8P/c1-6-8-10-12-14-16-18-20-22-24-26-28-30-32-34-36-38-40-42-44-46-48-50-52-59(62)66-56-58(57-68-70(64,65)67-55-54-61(3,4)5)69-60(63)53-51-49-47-45-43-41-39-37-35-33-31-29-27-25-23-21-19-17-15-13-11-9-7-2/h8-11,14-17,20-23,26-29,33,35,58H,6-7,12-13,18-19,24-25,30-32,34,36-57H2,1-5H3/b10-8-,11-9-,16-14-,17-15-,22-20-,23-21-,28-26-,29-27-,35-33-. The van der Waals surface area contributed by atoms with Crippen LogP contribution in [0.4, 0.5) is 0 Å². The van der Waals surface area contributed by atoms with Gasteiger partial charge in [-0.1, -0.05) is 207 Å². The van der Waals surface area contributed by atoms with Crippen molar-refractivity contribution in [3.05, 3.63) is 109 Å². The van der Waals surface area contributed by atoms with Gasteiger partial charge in [0.2, 0.25) is 0 Å². The van der Waals surface area contributed by atoms with Crippen molar-refractivity contribution in [1.82, 2.24) is 0 Å². The zero-order chi connectivity index (χ0) is 51.3. The molecule has 0 aromatic rings. The van der Waals surface area contributed by atoms with Crippen LogP contribution in [0.2, 0.25) is 0 Å². The highest BCUT2D eigenvalue weighted by Gasteiger charge is 2.21. The third-order valence-electron chi connectivity index (χ3n) is 11.3. The number of ether oxygens (including phenoxy) is 2. The van der Waals surface area contributed by atoms with E-state index in [2.05, 4.69) is 123 Å². The Morgan fingerprint density at radius 1 is 0.443 bits per heavy atom. The zero-order valence-electron chi connectivity index (χ0n) is 45.2. The minimum Gasteiger partial charge on any atom is -0.756 e. The summed E-state index contributed by atoms with van der Waals surface area (Å²) in [4.78, 5) is 37.8. The molecule has 0 heterocycles. The summed E-state index contributed by atoms with van der Waals surface area (Å²) in [5, 5.41) is 0. The van der Waals surface area contributed by atoms with Crippen LogP contribution in [0.25, 0.3) is 0 Å². The van der Waals surface area contributed by atoms with Crippen molar-refractivity contribution in [2.75, 3.05) is 47.5 Å². The van der Waals surface area contributed by atoms with Crippen LogP contribution in [-0.4, -0.2) is 70.0 Å². The molecule has 0 N–H and O–H groups in total. The second kappa shape index (κ2) is 50.6. The number of carbonyl (C=O) groups is 2. The smallest absolute Gasteiger partial charge is 0.306 e. The van der Waals surface area contributed by atoms with Crippen molar-refractivity contribution in [3.63, 3.8) is 0 Å². The third-order valence-corrected chi connectivity index (χ3v) is 12.3. The van der Waals surface area contributed by atoms with Gasteiger partial charge >= 0.3 is 11.9 Å². The predicted molar refractivity (Wildman–Crippen MR) is 295 cm³/mol. The molecule has 0 aromatic carbocycles. The number of allylic oxidation sites excluding steroid dienone is 18. The average Bonchev–Trinajstić information content (AvgIpc) is 3.32. The fourth-order valence-corrected chi connectivity index (χ4v) is 7.81. The number of unbranched alkanes of at least 4 members (excludes halogenated alkanes) is 17.